The molecule has 0 saturated heterocycles. The molecule has 0 atom stereocenters. The molecule has 0 radical (unpaired) electrons. The fourth-order valence-electron chi connectivity index (χ4n) is 3.04. The Labute approximate surface area is 138 Å². The van der Waals surface area contributed by atoms with Crippen LogP contribution in [0.5, 0.6) is 11.5 Å². The Kier molecular flexibility index (Phi) is 3.48. The summed E-state index contributed by atoms with van der Waals surface area (Å²) in [5.41, 5.74) is 8.77. The third-order valence-corrected chi connectivity index (χ3v) is 4.67. The lowest BCUT2D eigenvalue weighted by atomic mass is 10.00. The summed E-state index contributed by atoms with van der Waals surface area (Å²) in [5, 5.41) is 0. The van der Waals surface area contributed by atoms with E-state index in [9.17, 15) is 13.2 Å². The molecule has 2 N–H and O–H groups in total. The van der Waals surface area contributed by atoms with Gasteiger partial charge < -0.3 is 10.5 Å². The van der Waals surface area contributed by atoms with E-state index < -0.39 is 11.7 Å². The van der Waals surface area contributed by atoms with Crippen molar-refractivity contribution in [2.24, 2.45) is 0 Å². The lowest BCUT2D eigenvalue weighted by Gasteiger charge is -2.15. The summed E-state index contributed by atoms with van der Waals surface area (Å²) in [6.45, 7) is 0. The summed E-state index contributed by atoms with van der Waals surface area (Å²) in [6, 6.07) is 8.67. The minimum atomic E-state index is -4.34. The number of nitrogen functional groups attached to an aromatic ring is 1. The lowest BCUT2D eigenvalue weighted by molar-refractivity contribution is -0.137. The monoisotopic (exact) mass is 333 g/mol. The second-order valence-corrected chi connectivity index (χ2v) is 6.69. The predicted octanol–water partition coefficient (Wildman–Crippen LogP) is 5.83. The molecule has 0 bridgehead atoms. The SMILES string of the molecule is Nc1c(C2CC2)cc(Oc2ccc(C(F)(F)F)cc2)cc1C1CC1. The number of alkyl halides is 3. The first-order chi connectivity index (χ1) is 11.4. The summed E-state index contributed by atoms with van der Waals surface area (Å²) in [4.78, 5) is 0. The van der Waals surface area contributed by atoms with Crippen LogP contribution in [0, 0.1) is 0 Å². The Morgan fingerprint density at radius 1 is 0.833 bits per heavy atom. The van der Waals surface area contributed by atoms with Crippen LogP contribution in [0.1, 0.15) is 54.2 Å². The Balaban J connectivity index is 1.62. The van der Waals surface area contributed by atoms with Gasteiger partial charge in [0.1, 0.15) is 11.5 Å². The standard InChI is InChI=1S/C19H18F3NO/c20-19(21,22)13-5-7-14(8-6-13)24-15-9-16(11-1-2-11)18(23)17(10-15)12-3-4-12/h5-12H,1-4,23H2. The Morgan fingerprint density at radius 2 is 1.33 bits per heavy atom. The minimum Gasteiger partial charge on any atom is -0.457 e. The number of nitrogens with two attached hydrogens (primary N) is 1. The molecule has 2 fully saturated rings. The van der Waals surface area contributed by atoms with Gasteiger partial charge in [0.05, 0.1) is 5.56 Å². The van der Waals surface area contributed by atoms with Crippen LogP contribution in [-0.4, -0.2) is 0 Å². The maximum absolute atomic E-state index is 12.6. The number of ether oxygens (including phenoxy) is 1. The first-order valence-corrected chi connectivity index (χ1v) is 8.20. The van der Waals surface area contributed by atoms with Crippen molar-refractivity contribution in [3.63, 3.8) is 0 Å². The summed E-state index contributed by atoms with van der Waals surface area (Å²) < 4.78 is 43.7. The van der Waals surface area contributed by atoms with Gasteiger partial charge in [0.2, 0.25) is 0 Å². The van der Waals surface area contributed by atoms with Gasteiger partial charge in [-0.3, -0.25) is 0 Å². The van der Waals surface area contributed by atoms with E-state index in [0.717, 1.165) is 54.6 Å². The number of hydrogen-bond donors (Lipinski definition) is 1. The highest BCUT2D eigenvalue weighted by Crippen LogP contribution is 2.50. The summed E-state index contributed by atoms with van der Waals surface area (Å²) in [7, 11) is 0. The normalized spacial score (nSPS) is 17.8. The fourth-order valence-corrected chi connectivity index (χ4v) is 3.04. The predicted molar refractivity (Wildman–Crippen MR) is 86.3 cm³/mol. The van der Waals surface area contributed by atoms with Crippen molar-refractivity contribution in [3.8, 4) is 11.5 Å². The van der Waals surface area contributed by atoms with Crippen molar-refractivity contribution < 1.29 is 17.9 Å². The Morgan fingerprint density at radius 3 is 1.75 bits per heavy atom. The molecule has 2 nitrogen and oxygen atoms in total. The van der Waals surface area contributed by atoms with Gasteiger partial charge in [0, 0.05) is 5.69 Å². The fraction of sp³-hybridized carbons (Fsp3) is 0.368. The molecule has 2 aliphatic carbocycles. The van der Waals surface area contributed by atoms with Gasteiger partial charge in [0.15, 0.2) is 0 Å². The first-order valence-electron chi connectivity index (χ1n) is 8.20. The van der Waals surface area contributed by atoms with E-state index in [4.69, 9.17) is 10.5 Å². The number of rotatable bonds is 4. The average Bonchev–Trinajstić information content (AvgIpc) is 3.41. The molecule has 0 aliphatic heterocycles. The number of halogens is 3. The molecule has 0 amide bonds. The molecule has 2 aromatic rings. The maximum Gasteiger partial charge on any atom is 0.416 e. The van der Waals surface area contributed by atoms with Crippen molar-refractivity contribution in [3.05, 3.63) is 53.1 Å². The second-order valence-electron chi connectivity index (χ2n) is 6.69. The van der Waals surface area contributed by atoms with Crippen molar-refractivity contribution in [1.29, 1.82) is 0 Å². The van der Waals surface area contributed by atoms with Crippen LogP contribution in [0.15, 0.2) is 36.4 Å². The third kappa shape index (κ3) is 3.07. The van der Waals surface area contributed by atoms with E-state index in [2.05, 4.69) is 0 Å². The van der Waals surface area contributed by atoms with E-state index in [1.807, 2.05) is 12.1 Å². The van der Waals surface area contributed by atoms with Gasteiger partial charge in [-0.05, 0) is 85.0 Å². The molecule has 2 aliphatic rings. The molecule has 2 aromatic carbocycles. The van der Waals surface area contributed by atoms with Gasteiger partial charge in [-0.2, -0.15) is 13.2 Å². The van der Waals surface area contributed by atoms with E-state index in [1.165, 1.54) is 12.1 Å². The van der Waals surface area contributed by atoms with Crippen LogP contribution >= 0.6 is 0 Å². The lowest BCUT2D eigenvalue weighted by Crippen LogP contribution is -2.04. The van der Waals surface area contributed by atoms with Crippen LogP contribution < -0.4 is 10.5 Å². The van der Waals surface area contributed by atoms with Crippen LogP contribution in [0.2, 0.25) is 0 Å². The van der Waals surface area contributed by atoms with Gasteiger partial charge in [-0.15, -0.1) is 0 Å². The zero-order valence-corrected chi connectivity index (χ0v) is 13.1. The second kappa shape index (κ2) is 5.43. The summed E-state index contributed by atoms with van der Waals surface area (Å²) >= 11 is 0. The largest absolute Gasteiger partial charge is 0.457 e. The topological polar surface area (TPSA) is 35.2 Å². The smallest absolute Gasteiger partial charge is 0.416 e. The quantitative estimate of drug-likeness (QED) is 0.714. The number of anilines is 1. The van der Waals surface area contributed by atoms with Gasteiger partial charge >= 0.3 is 6.18 Å². The summed E-state index contributed by atoms with van der Waals surface area (Å²) in [5.74, 6) is 2.06. The van der Waals surface area contributed by atoms with Crippen LogP contribution in [-0.2, 0) is 6.18 Å². The van der Waals surface area contributed by atoms with Gasteiger partial charge in [0.25, 0.3) is 0 Å². The molecule has 0 heterocycles. The van der Waals surface area contributed by atoms with Crippen molar-refractivity contribution in [1.82, 2.24) is 0 Å². The minimum absolute atomic E-state index is 0.399. The highest BCUT2D eigenvalue weighted by atomic mass is 19.4. The molecule has 5 heteroatoms. The molecule has 126 valence electrons. The van der Waals surface area contributed by atoms with Crippen LogP contribution in [0.4, 0.5) is 18.9 Å². The first kappa shape index (κ1) is 15.4. The molecule has 0 unspecified atom stereocenters. The molecular formula is C19H18F3NO. The van der Waals surface area contributed by atoms with Gasteiger partial charge in [-0.25, -0.2) is 0 Å². The molecule has 0 spiro atoms. The van der Waals surface area contributed by atoms with Crippen molar-refractivity contribution in [2.75, 3.05) is 5.73 Å². The maximum atomic E-state index is 12.6. The van der Waals surface area contributed by atoms with Crippen molar-refractivity contribution in [2.45, 2.75) is 43.7 Å². The van der Waals surface area contributed by atoms with E-state index >= 15 is 0 Å². The molecule has 0 aromatic heterocycles. The highest BCUT2D eigenvalue weighted by molar-refractivity contribution is 5.62. The van der Waals surface area contributed by atoms with Crippen LogP contribution in [0.25, 0.3) is 0 Å². The number of benzene rings is 2. The van der Waals surface area contributed by atoms with E-state index in [-0.39, 0.29) is 0 Å². The van der Waals surface area contributed by atoms with E-state index in [1.54, 1.807) is 0 Å². The summed E-state index contributed by atoms with van der Waals surface area (Å²) in [6.07, 6.45) is 0.212. The van der Waals surface area contributed by atoms with E-state index in [0.29, 0.717) is 23.3 Å². The highest BCUT2D eigenvalue weighted by Gasteiger charge is 2.32. The Bertz CT molecular complexity index is 726. The molecular weight excluding hydrogens is 315 g/mol. The zero-order valence-electron chi connectivity index (χ0n) is 13.1. The molecule has 4 rings (SSSR count). The average molecular weight is 333 g/mol. The third-order valence-electron chi connectivity index (χ3n) is 4.67. The van der Waals surface area contributed by atoms with Gasteiger partial charge in [-0.1, -0.05) is 0 Å². The zero-order chi connectivity index (χ0) is 16.9. The number of hydrogen-bond acceptors (Lipinski definition) is 2. The molecule has 2 saturated carbocycles. The Hall–Kier alpha value is -2.17. The molecule has 24 heavy (non-hydrogen) atoms. The van der Waals surface area contributed by atoms with Crippen molar-refractivity contribution >= 4 is 5.69 Å². The van der Waals surface area contributed by atoms with Crippen LogP contribution in [0.3, 0.4) is 0 Å².